The van der Waals surface area contributed by atoms with Crippen molar-refractivity contribution in [1.82, 2.24) is 5.32 Å². The molecule has 15 heavy (non-hydrogen) atoms. The molecule has 0 spiro atoms. The molecule has 88 valence electrons. The fraction of sp³-hybridized carbons (Fsp3) is 0.800. The Morgan fingerprint density at radius 3 is 2.47 bits per heavy atom. The van der Waals surface area contributed by atoms with Gasteiger partial charge in [0.15, 0.2) is 0 Å². The number of carboxylic acid groups (broad SMARTS) is 1. The first-order chi connectivity index (χ1) is 6.97. The summed E-state index contributed by atoms with van der Waals surface area (Å²) in [6, 6.07) is -0.408. The highest BCUT2D eigenvalue weighted by atomic mass is 16.5. The largest absolute Gasteiger partial charge is 0.481 e. The van der Waals surface area contributed by atoms with E-state index < -0.39 is 12.0 Å². The molecule has 0 saturated carbocycles. The third-order valence-corrected chi connectivity index (χ3v) is 1.97. The molecule has 0 rings (SSSR count). The Morgan fingerprint density at radius 1 is 1.40 bits per heavy atom. The molecule has 5 nitrogen and oxygen atoms in total. The molecule has 0 heterocycles. The molecule has 0 aromatic carbocycles. The normalized spacial score (nSPS) is 14.3. The van der Waals surface area contributed by atoms with Gasteiger partial charge in [0.2, 0.25) is 0 Å². The van der Waals surface area contributed by atoms with E-state index in [1.807, 2.05) is 6.92 Å². The average Bonchev–Trinajstić information content (AvgIpc) is 2.15. The lowest BCUT2D eigenvalue weighted by Crippen LogP contribution is -2.41. The second kappa shape index (κ2) is 7.23. The SMILES string of the molecule is CCOC(=O)C(C)NC(C)CCC(=O)O. The van der Waals surface area contributed by atoms with Crippen LogP contribution in [0.1, 0.15) is 33.6 Å². The predicted molar refractivity (Wildman–Crippen MR) is 55.6 cm³/mol. The first kappa shape index (κ1) is 13.9. The maximum absolute atomic E-state index is 11.2. The number of hydrogen-bond donors (Lipinski definition) is 2. The highest BCUT2D eigenvalue weighted by Gasteiger charge is 2.16. The second-order valence-corrected chi connectivity index (χ2v) is 3.47. The third-order valence-electron chi connectivity index (χ3n) is 1.97. The van der Waals surface area contributed by atoms with Crippen molar-refractivity contribution in [1.29, 1.82) is 0 Å². The van der Waals surface area contributed by atoms with Crippen LogP contribution in [0.15, 0.2) is 0 Å². The minimum atomic E-state index is -0.826. The number of carbonyl (C=O) groups excluding carboxylic acids is 1. The van der Waals surface area contributed by atoms with Crippen molar-refractivity contribution in [3.05, 3.63) is 0 Å². The molecule has 0 aromatic heterocycles. The monoisotopic (exact) mass is 217 g/mol. The van der Waals surface area contributed by atoms with Gasteiger partial charge in [-0.2, -0.15) is 0 Å². The molecule has 5 heteroatoms. The Morgan fingerprint density at radius 2 is 2.00 bits per heavy atom. The van der Waals surface area contributed by atoms with Crippen LogP contribution in [0.5, 0.6) is 0 Å². The van der Waals surface area contributed by atoms with E-state index in [-0.39, 0.29) is 18.4 Å². The minimum absolute atomic E-state index is 0.0134. The van der Waals surface area contributed by atoms with Gasteiger partial charge >= 0.3 is 11.9 Å². The molecule has 0 bridgehead atoms. The lowest BCUT2D eigenvalue weighted by atomic mass is 10.1. The molecule has 2 atom stereocenters. The zero-order valence-electron chi connectivity index (χ0n) is 9.45. The van der Waals surface area contributed by atoms with Gasteiger partial charge in [-0.05, 0) is 27.2 Å². The zero-order chi connectivity index (χ0) is 11.8. The van der Waals surface area contributed by atoms with E-state index >= 15 is 0 Å². The summed E-state index contributed by atoms with van der Waals surface area (Å²) in [5, 5.41) is 11.5. The van der Waals surface area contributed by atoms with Crippen molar-refractivity contribution in [2.45, 2.75) is 45.7 Å². The van der Waals surface area contributed by atoms with E-state index in [0.29, 0.717) is 13.0 Å². The molecule has 0 aliphatic heterocycles. The van der Waals surface area contributed by atoms with Crippen LogP contribution in [0.25, 0.3) is 0 Å². The summed E-state index contributed by atoms with van der Waals surface area (Å²) >= 11 is 0. The molecule has 0 saturated heterocycles. The summed E-state index contributed by atoms with van der Waals surface area (Å²) in [5.41, 5.74) is 0. The molecule has 2 unspecified atom stereocenters. The van der Waals surface area contributed by atoms with Crippen LogP contribution in [0.3, 0.4) is 0 Å². The molecular weight excluding hydrogens is 198 g/mol. The lowest BCUT2D eigenvalue weighted by molar-refractivity contribution is -0.145. The van der Waals surface area contributed by atoms with E-state index in [1.54, 1.807) is 13.8 Å². The number of carbonyl (C=O) groups is 2. The Bertz CT molecular complexity index is 217. The summed E-state index contributed by atoms with van der Waals surface area (Å²) in [6.07, 6.45) is 0.600. The van der Waals surface area contributed by atoms with Gasteiger partial charge in [-0.15, -0.1) is 0 Å². The number of aliphatic carboxylic acids is 1. The maximum atomic E-state index is 11.2. The van der Waals surface area contributed by atoms with E-state index in [0.717, 1.165) is 0 Å². The standard InChI is InChI=1S/C10H19NO4/c1-4-15-10(14)8(3)11-7(2)5-6-9(12)13/h7-8,11H,4-6H2,1-3H3,(H,12,13). The van der Waals surface area contributed by atoms with Crippen molar-refractivity contribution in [3.8, 4) is 0 Å². The fourth-order valence-electron chi connectivity index (χ4n) is 1.19. The van der Waals surface area contributed by atoms with Crippen LogP contribution in [-0.4, -0.2) is 35.7 Å². The predicted octanol–water partition coefficient (Wildman–Crippen LogP) is 0.781. The molecule has 0 aliphatic rings. The van der Waals surface area contributed by atoms with E-state index in [4.69, 9.17) is 9.84 Å². The van der Waals surface area contributed by atoms with Gasteiger partial charge in [-0.1, -0.05) is 0 Å². The van der Waals surface area contributed by atoms with Crippen molar-refractivity contribution in [2.24, 2.45) is 0 Å². The number of rotatable bonds is 7. The summed E-state index contributed by atoms with van der Waals surface area (Å²) < 4.78 is 4.81. The van der Waals surface area contributed by atoms with Crippen LogP contribution >= 0.6 is 0 Å². The third kappa shape index (κ3) is 6.90. The first-order valence-corrected chi connectivity index (χ1v) is 5.11. The highest BCUT2D eigenvalue weighted by molar-refractivity contribution is 5.75. The quantitative estimate of drug-likeness (QED) is 0.616. The lowest BCUT2D eigenvalue weighted by Gasteiger charge is -2.17. The summed E-state index contributed by atoms with van der Waals surface area (Å²) in [5.74, 6) is -1.13. The van der Waals surface area contributed by atoms with E-state index in [1.165, 1.54) is 0 Å². The average molecular weight is 217 g/mol. The maximum Gasteiger partial charge on any atom is 0.322 e. The Kier molecular flexibility index (Phi) is 6.70. The summed E-state index contributed by atoms with van der Waals surface area (Å²) in [4.78, 5) is 21.5. The molecule has 0 amide bonds. The van der Waals surface area contributed by atoms with E-state index in [9.17, 15) is 9.59 Å². The second-order valence-electron chi connectivity index (χ2n) is 3.47. The van der Waals surface area contributed by atoms with Gasteiger partial charge in [0.1, 0.15) is 6.04 Å². The molecule has 0 fully saturated rings. The highest BCUT2D eigenvalue weighted by Crippen LogP contribution is 1.99. The Labute approximate surface area is 89.8 Å². The smallest absolute Gasteiger partial charge is 0.322 e. The van der Waals surface area contributed by atoms with Gasteiger partial charge in [0.25, 0.3) is 0 Å². The van der Waals surface area contributed by atoms with Crippen LogP contribution in [-0.2, 0) is 14.3 Å². The summed E-state index contributed by atoms with van der Waals surface area (Å²) in [7, 11) is 0. The van der Waals surface area contributed by atoms with Gasteiger partial charge in [0, 0.05) is 12.5 Å². The van der Waals surface area contributed by atoms with Crippen molar-refractivity contribution in [3.63, 3.8) is 0 Å². The van der Waals surface area contributed by atoms with E-state index in [2.05, 4.69) is 5.32 Å². The first-order valence-electron chi connectivity index (χ1n) is 5.11. The molecule has 2 N–H and O–H groups in total. The van der Waals surface area contributed by atoms with Crippen LogP contribution in [0, 0.1) is 0 Å². The van der Waals surface area contributed by atoms with Crippen LogP contribution < -0.4 is 5.32 Å². The van der Waals surface area contributed by atoms with Crippen molar-refractivity contribution in [2.75, 3.05) is 6.61 Å². The van der Waals surface area contributed by atoms with Gasteiger partial charge in [-0.25, -0.2) is 0 Å². The van der Waals surface area contributed by atoms with Crippen LogP contribution in [0.2, 0.25) is 0 Å². The molecule has 0 radical (unpaired) electrons. The number of hydrogen-bond acceptors (Lipinski definition) is 4. The Hall–Kier alpha value is -1.10. The Balaban J connectivity index is 3.79. The minimum Gasteiger partial charge on any atom is -0.481 e. The number of carboxylic acids is 1. The number of nitrogens with one attached hydrogen (secondary N) is 1. The fourth-order valence-corrected chi connectivity index (χ4v) is 1.19. The summed E-state index contributed by atoms with van der Waals surface area (Å²) in [6.45, 7) is 5.65. The number of esters is 1. The zero-order valence-corrected chi connectivity index (χ0v) is 9.45. The number of ether oxygens (including phenoxy) is 1. The molecular formula is C10H19NO4. The van der Waals surface area contributed by atoms with Gasteiger partial charge in [-0.3, -0.25) is 9.59 Å². The van der Waals surface area contributed by atoms with Gasteiger partial charge in [0.05, 0.1) is 6.61 Å². The molecule has 0 aromatic rings. The van der Waals surface area contributed by atoms with Gasteiger partial charge < -0.3 is 15.2 Å². The van der Waals surface area contributed by atoms with Crippen LogP contribution in [0.4, 0.5) is 0 Å². The van der Waals surface area contributed by atoms with Crippen molar-refractivity contribution < 1.29 is 19.4 Å². The van der Waals surface area contributed by atoms with Crippen molar-refractivity contribution >= 4 is 11.9 Å². The molecule has 0 aliphatic carbocycles. The topological polar surface area (TPSA) is 75.6 Å².